The lowest BCUT2D eigenvalue weighted by molar-refractivity contribution is -0.130. The number of nitrogens with two attached hydrogens (primary N) is 1. The van der Waals surface area contributed by atoms with Crippen LogP contribution in [0.5, 0.6) is 5.88 Å². The average Bonchev–Trinajstić information content (AvgIpc) is 3.61. The molecule has 38 heavy (non-hydrogen) atoms. The van der Waals surface area contributed by atoms with E-state index in [0.29, 0.717) is 11.0 Å². The number of amidine groups is 1. The van der Waals surface area contributed by atoms with Crippen LogP contribution in [0.3, 0.4) is 0 Å². The fourth-order valence-electron chi connectivity index (χ4n) is 4.63. The number of carbonyl (C=O) groups excluding carboxylic acids is 1. The van der Waals surface area contributed by atoms with Crippen molar-refractivity contribution in [3.63, 3.8) is 0 Å². The van der Waals surface area contributed by atoms with Gasteiger partial charge in [0.05, 0.1) is 22.0 Å². The smallest absolute Gasteiger partial charge is 0.260 e. The van der Waals surface area contributed by atoms with E-state index in [-0.39, 0.29) is 47.1 Å². The Morgan fingerprint density at radius 3 is 2.79 bits per heavy atom. The quantitative estimate of drug-likeness (QED) is 0.427. The molecule has 1 aliphatic heterocycles. The normalized spacial score (nSPS) is 24.1. The number of nitrogens with one attached hydrogen (secondary N) is 1. The van der Waals surface area contributed by atoms with Crippen LogP contribution < -0.4 is 15.8 Å². The molecule has 0 saturated heterocycles. The van der Waals surface area contributed by atoms with Crippen molar-refractivity contribution >= 4 is 45.4 Å². The minimum absolute atomic E-state index is 0.0692. The first-order chi connectivity index (χ1) is 17.9. The number of anilines is 2. The highest BCUT2D eigenvalue weighted by atomic mass is 32.2. The van der Waals surface area contributed by atoms with E-state index in [0.717, 1.165) is 17.8 Å². The number of carbonyl (C=O) groups is 1. The molecule has 9 nitrogen and oxygen atoms in total. The van der Waals surface area contributed by atoms with Crippen molar-refractivity contribution in [1.29, 1.82) is 0 Å². The first kappa shape index (κ1) is 25.9. The van der Waals surface area contributed by atoms with E-state index in [1.165, 1.54) is 30.3 Å². The summed E-state index contributed by atoms with van der Waals surface area (Å²) in [4.78, 5) is 30.3. The molecule has 0 bridgehead atoms. The summed E-state index contributed by atoms with van der Waals surface area (Å²) in [6.07, 6.45) is 0.110. The molecule has 3 aromatic rings. The Bertz CT molecular complexity index is 1470. The van der Waals surface area contributed by atoms with Gasteiger partial charge >= 0.3 is 0 Å². The lowest BCUT2D eigenvalue weighted by atomic mass is 9.85. The topological polar surface area (TPSA) is 119 Å². The molecule has 5 rings (SSSR count). The highest BCUT2D eigenvalue weighted by molar-refractivity contribution is 8.15. The van der Waals surface area contributed by atoms with Crippen molar-refractivity contribution < 1.29 is 27.1 Å². The Hall–Kier alpha value is -3.68. The molecular weight excluding hydrogens is 526 g/mol. The Labute approximate surface area is 218 Å². The molecule has 3 heterocycles. The zero-order valence-corrected chi connectivity index (χ0v) is 21.3. The third kappa shape index (κ3) is 4.36. The number of hydrogen-bond acceptors (Lipinski definition) is 9. The van der Waals surface area contributed by atoms with E-state index in [9.17, 15) is 18.0 Å². The minimum atomic E-state index is -2.70. The molecule has 0 spiro atoms. The van der Waals surface area contributed by atoms with Gasteiger partial charge in [0.1, 0.15) is 5.52 Å². The predicted octanol–water partition coefficient (Wildman–Crippen LogP) is 3.81. The van der Waals surface area contributed by atoms with Gasteiger partial charge in [-0.3, -0.25) is 9.79 Å². The minimum Gasteiger partial charge on any atom is -0.466 e. The number of hydrogen-bond donors (Lipinski definition) is 2. The lowest BCUT2D eigenvalue weighted by Crippen LogP contribution is -2.39. The third-order valence-corrected chi connectivity index (χ3v) is 8.06. The van der Waals surface area contributed by atoms with Gasteiger partial charge in [0, 0.05) is 43.5 Å². The van der Waals surface area contributed by atoms with Gasteiger partial charge in [-0.2, -0.15) is 0 Å². The number of alkyl halides is 2. The molecule has 200 valence electrons. The number of rotatable bonds is 7. The maximum Gasteiger partial charge on any atom is 0.260 e. The first-order valence-electron chi connectivity index (χ1n) is 11.5. The van der Waals surface area contributed by atoms with E-state index in [1.807, 2.05) is 0 Å². The average molecular weight is 550 g/mol. The van der Waals surface area contributed by atoms with Crippen LogP contribution in [0.2, 0.25) is 0 Å². The Morgan fingerprint density at radius 1 is 1.32 bits per heavy atom. The number of pyridine rings is 1. The van der Waals surface area contributed by atoms with Crippen molar-refractivity contribution in [3.8, 4) is 5.88 Å². The zero-order valence-electron chi connectivity index (χ0n) is 20.5. The number of nitrogens with zero attached hydrogens (tertiary/aromatic N) is 5. The van der Waals surface area contributed by atoms with E-state index in [4.69, 9.17) is 10.5 Å². The maximum absolute atomic E-state index is 15.1. The number of likely N-dealkylation sites (N-methyl/N-ethyl adjacent to an activating group) is 1. The standard InChI is InChI=1S/C24H23F4N7O2S/c1-23(15-8-24(15,21(27)28)38-22(29)34-23)12-6-11(7-13(25)18(12)26)32-20-19-14(4-5-30-20)33-16(9-31-19)37-10-17(36)35(2)3/h4-7,9,15,21H,8,10H2,1-3H3,(H2,29,34)(H,30,32)/t15-,23-,24-/m0/s1. The second kappa shape index (κ2) is 9.26. The summed E-state index contributed by atoms with van der Waals surface area (Å²) in [5, 5.41) is 2.81. The van der Waals surface area contributed by atoms with Gasteiger partial charge in [-0.1, -0.05) is 11.8 Å². The molecular formula is C24H23F4N7O2S. The lowest BCUT2D eigenvalue weighted by Gasteiger charge is -2.34. The first-order valence-corrected chi connectivity index (χ1v) is 12.3. The van der Waals surface area contributed by atoms with Crippen LogP contribution in [0.1, 0.15) is 18.9 Å². The van der Waals surface area contributed by atoms with Crippen LogP contribution in [-0.4, -0.2) is 62.8 Å². The van der Waals surface area contributed by atoms with Gasteiger partial charge in [-0.15, -0.1) is 0 Å². The van der Waals surface area contributed by atoms with Crippen molar-refractivity contribution in [2.24, 2.45) is 16.6 Å². The van der Waals surface area contributed by atoms with Crippen LogP contribution in [0.4, 0.5) is 29.1 Å². The number of thioether (sulfide) groups is 1. The molecule has 2 aliphatic rings. The number of aliphatic imine (C=N–C) groups is 1. The molecule has 3 N–H and O–H groups in total. The van der Waals surface area contributed by atoms with Crippen molar-refractivity contribution in [3.05, 3.63) is 47.8 Å². The van der Waals surface area contributed by atoms with Crippen molar-refractivity contribution in [2.75, 3.05) is 26.0 Å². The predicted molar refractivity (Wildman–Crippen MR) is 135 cm³/mol. The van der Waals surface area contributed by atoms with Gasteiger partial charge in [-0.25, -0.2) is 32.5 Å². The van der Waals surface area contributed by atoms with Crippen molar-refractivity contribution in [2.45, 2.75) is 30.1 Å². The summed E-state index contributed by atoms with van der Waals surface area (Å²) < 4.78 is 61.5. The van der Waals surface area contributed by atoms with Gasteiger partial charge in [0.15, 0.2) is 29.2 Å². The number of benzene rings is 1. The van der Waals surface area contributed by atoms with Gasteiger partial charge in [-0.05, 0) is 25.5 Å². The maximum atomic E-state index is 15.1. The highest BCUT2D eigenvalue weighted by Gasteiger charge is 2.71. The summed E-state index contributed by atoms with van der Waals surface area (Å²) in [5.74, 6) is -3.05. The van der Waals surface area contributed by atoms with Gasteiger partial charge in [0.25, 0.3) is 12.3 Å². The molecule has 3 atom stereocenters. The summed E-state index contributed by atoms with van der Waals surface area (Å²) in [5.41, 5.74) is 4.95. The number of aromatic nitrogens is 3. The largest absolute Gasteiger partial charge is 0.466 e. The van der Waals surface area contributed by atoms with E-state index < -0.39 is 34.3 Å². The molecule has 14 heteroatoms. The molecule has 1 aromatic carbocycles. The van der Waals surface area contributed by atoms with Gasteiger partial charge < -0.3 is 20.7 Å². The number of halogens is 4. The fourth-order valence-corrected chi connectivity index (χ4v) is 5.96. The second-order valence-corrected chi connectivity index (χ2v) is 10.9. The SMILES string of the molecule is CN(C)C(=O)COc1cnc2c(Nc3cc(F)c(F)c([C@]4(C)N=C(N)S[C@@]5(C(F)F)C[C@@H]45)c3)nccc2n1. The van der Waals surface area contributed by atoms with Crippen LogP contribution in [-0.2, 0) is 10.3 Å². The van der Waals surface area contributed by atoms with Gasteiger partial charge in [0.2, 0.25) is 5.88 Å². The zero-order chi connectivity index (χ0) is 27.4. The second-order valence-electron chi connectivity index (χ2n) is 9.47. The Kier molecular flexibility index (Phi) is 6.32. The Balaban J connectivity index is 1.47. The molecule has 1 saturated carbocycles. The number of fused-ring (bicyclic) bond motifs is 2. The van der Waals surface area contributed by atoms with E-state index in [1.54, 1.807) is 20.2 Å². The molecule has 1 aliphatic carbocycles. The summed E-state index contributed by atoms with van der Waals surface area (Å²) >= 11 is 0.783. The van der Waals surface area contributed by atoms with Crippen LogP contribution in [0.25, 0.3) is 11.0 Å². The Morgan fingerprint density at radius 2 is 2.08 bits per heavy atom. The molecule has 1 amide bonds. The fraction of sp³-hybridized carbons (Fsp3) is 0.375. The van der Waals surface area contributed by atoms with Crippen LogP contribution in [0.15, 0.2) is 35.6 Å². The van der Waals surface area contributed by atoms with Crippen LogP contribution >= 0.6 is 11.8 Å². The molecule has 0 unspecified atom stereocenters. The molecule has 0 radical (unpaired) electrons. The van der Waals surface area contributed by atoms with Crippen molar-refractivity contribution in [1.82, 2.24) is 19.9 Å². The molecule has 2 aromatic heterocycles. The van der Waals surface area contributed by atoms with E-state index in [2.05, 4.69) is 25.3 Å². The number of amides is 1. The number of ether oxygens (including phenoxy) is 1. The summed E-state index contributed by atoms with van der Waals surface area (Å²) in [6.45, 7) is 1.26. The van der Waals surface area contributed by atoms with E-state index >= 15 is 4.39 Å². The monoisotopic (exact) mass is 549 g/mol. The highest BCUT2D eigenvalue weighted by Crippen LogP contribution is 2.68. The third-order valence-electron chi connectivity index (χ3n) is 6.75. The summed E-state index contributed by atoms with van der Waals surface area (Å²) in [7, 11) is 3.19. The van der Waals surface area contributed by atoms with Crippen LogP contribution in [0, 0.1) is 17.6 Å². The summed E-state index contributed by atoms with van der Waals surface area (Å²) in [6, 6.07) is 3.82. The molecule has 1 fully saturated rings.